The number of hydrogen-bond donors (Lipinski definition) is 0. The van der Waals surface area contributed by atoms with Crippen molar-refractivity contribution < 1.29 is 9.53 Å². The molecule has 0 fully saturated rings. The number of fused-ring (bicyclic) bond motifs is 1. The van der Waals surface area contributed by atoms with E-state index in [1.54, 1.807) is 11.8 Å². The Labute approximate surface area is 112 Å². The van der Waals surface area contributed by atoms with E-state index in [1.165, 1.54) is 0 Å². The Morgan fingerprint density at radius 1 is 1.05 bits per heavy atom. The fourth-order valence-corrected chi connectivity index (χ4v) is 2.29. The van der Waals surface area contributed by atoms with Crippen molar-refractivity contribution in [3.05, 3.63) is 60.2 Å². The summed E-state index contributed by atoms with van der Waals surface area (Å²) in [7, 11) is 0. The van der Waals surface area contributed by atoms with E-state index in [1.807, 2.05) is 54.6 Å². The van der Waals surface area contributed by atoms with Crippen LogP contribution in [0.4, 0.5) is 5.69 Å². The number of amides is 1. The highest BCUT2D eigenvalue weighted by Crippen LogP contribution is 2.34. The molecule has 0 spiro atoms. The lowest BCUT2D eigenvalue weighted by Gasteiger charge is -2.33. The highest BCUT2D eigenvalue weighted by molar-refractivity contribution is 5.99. The van der Waals surface area contributed by atoms with Gasteiger partial charge in [0.25, 0.3) is 5.91 Å². The third-order valence-electron chi connectivity index (χ3n) is 3.26. The molecule has 3 nitrogen and oxygen atoms in total. The van der Waals surface area contributed by atoms with Gasteiger partial charge in [0, 0.05) is 0 Å². The monoisotopic (exact) mass is 253 g/mol. The van der Waals surface area contributed by atoms with E-state index in [0.29, 0.717) is 6.54 Å². The number of rotatable bonds is 2. The first-order chi connectivity index (χ1) is 9.25. The summed E-state index contributed by atoms with van der Waals surface area (Å²) in [5.41, 5.74) is 1.95. The molecule has 3 rings (SSSR count). The van der Waals surface area contributed by atoms with Crippen molar-refractivity contribution >= 4 is 11.6 Å². The van der Waals surface area contributed by atoms with Crippen molar-refractivity contribution in [2.75, 3.05) is 4.90 Å². The summed E-state index contributed by atoms with van der Waals surface area (Å²) < 4.78 is 5.62. The van der Waals surface area contributed by atoms with Gasteiger partial charge < -0.3 is 9.64 Å². The number of carbonyl (C=O) groups excluding carboxylic acids is 1. The van der Waals surface area contributed by atoms with Crippen LogP contribution in [-0.2, 0) is 11.3 Å². The number of para-hydroxylation sites is 2. The second kappa shape index (κ2) is 4.76. The van der Waals surface area contributed by atoms with Gasteiger partial charge in [-0.15, -0.1) is 0 Å². The molecule has 3 heteroatoms. The van der Waals surface area contributed by atoms with Gasteiger partial charge in [0.1, 0.15) is 5.75 Å². The molecule has 19 heavy (non-hydrogen) atoms. The van der Waals surface area contributed by atoms with E-state index < -0.39 is 6.10 Å². The maximum atomic E-state index is 12.3. The molecule has 1 heterocycles. The maximum Gasteiger partial charge on any atom is 0.268 e. The third-order valence-corrected chi connectivity index (χ3v) is 3.26. The first kappa shape index (κ1) is 11.8. The van der Waals surface area contributed by atoms with Crippen LogP contribution in [0.1, 0.15) is 12.5 Å². The molecule has 0 saturated carbocycles. The molecule has 0 bridgehead atoms. The first-order valence-corrected chi connectivity index (χ1v) is 6.37. The lowest BCUT2D eigenvalue weighted by molar-refractivity contribution is -0.125. The van der Waals surface area contributed by atoms with Crippen LogP contribution in [0.5, 0.6) is 5.75 Å². The zero-order valence-corrected chi connectivity index (χ0v) is 10.7. The molecule has 1 atom stereocenters. The molecule has 0 saturated heterocycles. The Bertz CT molecular complexity index is 595. The van der Waals surface area contributed by atoms with Gasteiger partial charge in [0.2, 0.25) is 0 Å². The fourth-order valence-electron chi connectivity index (χ4n) is 2.29. The highest BCUT2D eigenvalue weighted by atomic mass is 16.5. The number of hydrogen-bond acceptors (Lipinski definition) is 2. The van der Waals surface area contributed by atoms with Crippen LogP contribution in [0.25, 0.3) is 0 Å². The van der Waals surface area contributed by atoms with Crippen LogP contribution >= 0.6 is 0 Å². The number of carbonyl (C=O) groups is 1. The molecule has 1 amide bonds. The Kier molecular flexibility index (Phi) is 2.95. The molecule has 0 aliphatic carbocycles. The van der Waals surface area contributed by atoms with Crippen LogP contribution in [0.15, 0.2) is 54.6 Å². The molecule has 0 N–H and O–H groups in total. The quantitative estimate of drug-likeness (QED) is 0.823. The molecule has 2 aromatic carbocycles. The minimum Gasteiger partial charge on any atom is -0.479 e. The number of benzene rings is 2. The Balaban J connectivity index is 1.97. The summed E-state index contributed by atoms with van der Waals surface area (Å²) in [6.07, 6.45) is -0.432. The normalized spacial score (nSPS) is 17.8. The van der Waals surface area contributed by atoms with Crippen LogP contribution in [-0.4, -0.2) is 12.0 Å². The maximum absolute atomic E-state index is 12.3. The van der Waals surface area contributed by atoms with Gasteiger partial charge in [-0.05, 0) is 24.6 Å². The predicted molar refractivity (Wildman–Crippen MR) is 74.2 cm³/mol. The van der Waals surface area contributed by atoms with Crippen molar-refractivity contribution in [3.63, 3.8) is 0 Å². The van der Waals surface area contributed by atoms with Crippen molar-refractivity contribution in [1.82, 2.24) is 0 Å². The smallest absolute Gasteiger partial charge is 0.268 e. The largest absolute Gasteiger partial charge is 0.479 e. The zero-order chi connectivity index (χ0) is 13.2. The second-order valence-corrected chi connectivity index (χ2v) is 4.64. The molecular weight excluding hydrogens is 238 g/mol. The summed E-state index contributed by atoms with van der Waals surface area (Å²) in [6, 6.07) is 17.6. The zero-order valence-electron chi connectivity index (χ0n) is 10.7. The van der Waals surface area contributed by atoms with Crippen LogP contribution < -0.4 is 9.64 Å². The SMILES string of the molecule is CC1Oc2ccccc2N(Cc2ccccc2)C1=O. The fraction of sp³-hybridized carbons (Fsp3) is 0.188. The van der Waals surface area contributed by atoms with Gasteiger partial charge in [-0.3, -0.25) is 4.79 Å². The van der Waals surface area contributed by atoms with Crippen LogP contribution in [0, 0.1) is 0 Å². The summed E-state index contributed by atoms with van der Waals surface area (Å²) in [4.78, 5) is 14.1. The molecule has 0 radical (unpaired) electrons. The summed E-state index contributed by atoms with van der Waals surface area (Å²) in [6.45, 7) is 2.36. The molecule has 0 aromatic heterocycles. The van der Waals surface area contributed by atoms with Crippen LogP contribution in [0.3, 0.4) is 0 Å². The van der Waals surface area contributed by atoms with Crippen LogP contribution in [0.2, 0.25) is 0 Å². The van der Waals surface area contributed by atoms with Gasteiger partial charge in [-0.25, -0.2) is 0 Å². The lowest BCUT2D eigenvalue weighted by Crippen LogP contribution is -2.43. The van der Waals surface area contributed by atoms with Gasteiger partial charge >= 0.3 is 0 Å². The Hall–Kier alpha value is -2.29. The molecule has 96 valence electrons. The van der Waals surface area contributed by atoms with Crippen molar-refractivity contribution in [2.45, 2.75) is 19.6 Å². The topological polar surface area (TPSA) is 29.5 Å². The summed E-state index contributed by atoms with van der Waals surface area (Å²) in [5, 5.41) is 0. The van der Waals surface area contributed by atoms with E-state index in [-0.39, 0.29) is 5.91 Å². The number of nitrogens with zero attached hydrogens (tertiary/aromatic N) is 1. The van der Waals surface area contributed by atoms with Gasteiger partial charge in [-0.1, -0.05) is 42.5 Å². The van der Waals surface area contributed by atoms with E-state index in [0.717, 1.165) is 17.0 Å². The summed E-state index contributed by atoms with van der Waals surface area (Å²) >= 11 is 0. The average Bonchev–Trinajstić information content (AvgIpc) is 2.45. The molecule has 2 aromatic rings. The second-order valence-electron chi connectivity index (χ2n) is 4.64. The molecule has 1 aliphatic rings. The third kappa shape index (κ3) is 2.19. The Morgan fingerprint density at radius 3 is 2.53 bits per heavy atom. The van der Waals surface area contributed by atoms with Gasteiger partial charge in [0.05, 0.1) is 12.2 Å². The number of ether oxygens (including phenoxy) is 1. The minimum atomic E-state index is -0.432. The van der Waals surface area contributed by atoms with Crippen molar-refractivity contribution in [3.8, 4) is 5.75 Å². The standard InChI is InChI=1S/C16H15NO2/c1-12-16(18)17(11-13-7-3-2-4-8-13)14-9-5-6-10-15(14)19-12/h2-10,12H,11H2,1H3. The molecule has 1 unspecified atom stereocenters. The Morgan fingerprint density at radius 2 is 1.74 bits per heavy atom. The van der Waals surface area contributed by atoms with E-state index in [2.05, 4.69) is 0 Å². The summed E-state index contributed by atoms with van der Waals surface area (Å²) in [5.74, 6) is 0.771. The van der Waals surface area contributed by atoms with Gasteiger partial charge in [0.15, 0.2) is 6.10 Å². The average molecular weight is 253 g/mol. The lowest BCUT2D eigenvalue weighted by atomic mass is 10.1. The van der Waals surface area contributed by atoms with Crippen molar-refractivity contribution in [1.29, 1.82) is 0 Å². The van der Waals surface area contributed by atoms with E-state index in [4.69, 9.17) is 4.74 Å². The predicted octanol–water partition coefficient (Wildman–Crippen LogP) is 3.00. The molecule has 1 aliphatic heterocycles. The molecular formula is C16H15NO2. The van der Waals surface area contributed by atoms with Crippen molar-refractivity contribution in [2.24, 2.45) is 0 Å². The van der Waals surface area contributed by atoms with E-state index >= 15 is 0 Å². The first-order valence-electron chi connectivity index (χ1n) is 6.37. The highest BCUT2D eigenvalue weighted by Gasteiger charge is 2.30. The number of anilines is 1. The van der Waals surface area contributed by atoms with Gasteiger partial charge in [-0.2, -0.15) is 0 Å². The minimum absolute atomic E-state index is 0.00236. The van der Waals surface area contributed by atoms with E-state index in [9.17, 15) is 4.79 Å².